The molecular weight excluding hydrogens is 272 g/mol. The van der Waals surface area contributed by atoms with Crippen molar-refractivity contribution in [3.8, 4) is 0 Å². The molecule has 1 N–H and O–H groups in total. The largest absolute Gasteiger partial charge is 0.316 e. The third-order valence-electron chi connectivity index (χ3n) is 4.70. The quantitative estimate of drug-likeness (QED) is 0.920. The molecule has 2 aliphatic heterocycles. The number of halogens is 1. The third-order valence-corrected chi connectivity index (χ3v) is 4.92. The number of nitrogens with one attached hydrogen (secondary N) is 1. The minimum absolute atomic E-state index is 0.530. The lowest BCUT2D eigenvalue weighted by Gasteiger charge is -2.22. The molecule has 0 saturated carbocycles. The van der Waals surface area contributed by atoms with Gasteiger partial charge in [-0.1, -0.05) is 11.6 Å². The van der Waals surface area contributed by atoms with Gasteiger partial charge in [-0.05, 0) is 43.5 Å². The average molecular weight is 291 g/mol. The maximum atomic E-state index is 6.01. The monoisotopic (exact) mass is 290 g/mol. The second kappa shape index (κ2) is 4.72. The van der Waals surface area contributed by atoms with Gasteiger partial charge in [0.1, 0.15) is 5.65 Å². The number of hydrogen-bond acceptors (Lipinski definition) is 3. The van der Waals surface area contributed by atoms with Crippen LogP contribution in [0.2, 0.25) is 5.02 Å². The first-order chi connectivity index (χ1) is 9.72. The Balaban J connectivity index is 1.50. The Kier molecular flexibility index (Phi) is 2.98. The van der Waals surface area contributed by atoms with Crippen LogP contribution in [0.4, 0.5) is 0 Å². The highest BCUT2D eigenvalue weighted by Crippen LogP contribution is 2.36. The summed E-state index contributed by atoms with van der Waals surface area (Å²) in [7, 11) is 0. The number of rotatable bonds is 2. The van der Waals surface area contributed by atoms with Gasteiger partial charge in [-0.25, -0.2) is 4.98 Å². The number of hydrogen-bond donors (Lipinski definition) is 1. The van der Waals surface area contributed by atoms with E-state index in [9.17, 15) is 0 Å². The number of imidazole rings is 1. The van der Waals surface area contributed by atoms with E-state index < -0.39 is 0 Å². The molecule has 4 nitrogen and oxygen atoms in total. The van der Waals surface area contributed by atoms with Gasteiger partial charge in [-0.2, -0.15) is 0 Å². The van der Waals surface area contributed by atoms with Crippen molar-refractivity contribution in [2.75, 3.05) is 26.2 Å². The van der Waals surface area contributed by atoms with E-state index in [4.69, 9.17) is 11.6 Å². The molecule has 1 unspecified atom stereocenters. The summed E-state index contributed by atoms with van der Waals surface area (Å²) in [4.78, 5) is 7.22. The molecule has 0 amide bonds. The summed E-state index contributed by atoms with van der Waals surface area (Å²) in [6, 6.07) is 3.86. The van der Waals surface area contributed by atoms with Gasteiger partial charge in [0, 0.05) is 32.0 Å². The van der Waals surface area contributed by atoms with Gasteiger partial charge in [-0.3, -0.25) is 4.90 Å². The topological polar surface area (TPSA) is 32.6 Å². The van der Waals surface area contributed by atoms with Crippen LogP contribution in [0.5, 0.6) is 0 Å². The Hall–Kier alpha value is -1.10. The number of likely N-dealkylation sites (tertiary alicyclic amines) is 1. The summed E-state index contributed by atoms with van der Waals surface area (Å²) in [5.74, 6) is 0. The van der Waals surface area contributed by atoms with Crippen LogP contribution < -0.4 is 5.32 Å². The Bertz CT molecular complexity index is 630. The molecule has 2 aromatic rings. The highest BCUT2D eigenvalue weighted by molar-refractivity contribution is 6.30. The average Bonchev–Trinajstić information content (AvgIpc) is 3.12. The summed E-state index contributed by atoms with van der Waals surface area (Å²) in [6.07, 6.45) is 6.66. The molecule has 2 fully saturated rings. The fourth-order valence-corrected chi connectivity index (χ4v) is 3.80. The highest BCUT2D eigenvalue weighted by atomic mass is 35.5. The maximum absolute atomic E-state index is 6.01. The molecule has 4 rings (SSSR count). The first kappa shape index (κ1) is 12.6. The summed E-state index contributed by atoms with van der Waals surface area (Å²) >= 11 is 6.01. The first-order valence-electron chi connectivity index (χ1n) is 7.29. The van der Waals surface area contributed by atoms with Crippen LogP contribution in [0.3, 0.4) is 0 Å². The predicted molar refractivity (Wildman–Crippen MR) is 80.0 cm³/mol. The molecule has 4 heterocycles. The fraction of sp³-hybridized carbons (Fsp3) is 0.533. The Morgan fingerprint density at radius 1 is 1.30 bits per heavy atom. The van der Waals surface area contributed by atoms with E-state index in [-0.39, 0.29) is 0 Å². The Labute approximate surface area is 123 Å². The summed E-state index contributed by atoms with van der Waals surface area (Å²) < 4.78 is 2.01. The minimum atomic E-state index is 0.530. The molecular formula is C15H19ClN4. The standard InChI is InChI=1S/C15H19ClN4/c16-12-1-2-14-18-13(9-20(14)7-12)8-19-6-4-15(11-19)3-5-17-10-15/h1-2,7,9,17H,3-6,8,10-11H2. The van der Waals surface area contributed by atoms with Gasteiger partial charge in [-0.15, -0.1) is 0 Å². The number of pyridine rings is 1. The number of fused-ring (bicyclic) bond motifs is 1. The number of nitrogens with zero attached hydrogens (tertiary/aromatic N) is 3. The van der Waals surface area contributed by atoms with E-state index in [2.05, 4.69) is 21.4 Å². The lowest BCUT2D eigenvalue weighted by Crippen LogP contribution is -2.29. The fourth-order valence-electron chi connectivity index (χ4n) is 3.63. The summed E-state index contributed by atoms with van der Waals surface area (Å²) in [5, 5.41) is 4.25. The molecule has 2 aliphatic rings. The van der Waals surface area contributed by atoms with Crippen LogP contribution >= 0.6 is 11.6 Å². The van der Waals surface area contributed by atoms with Crippen LogP contribution in [0.25, 0.3) is 5.65 Å². The minimum Gasteiger partial charge on any atom is -0.316 e. The van der Waals surface area contributed by atoms with Gasteiger partial charge in [0.2, 0.25) is 0 Å². The van der Waals surface area contributed by atoms with Crippen molar-refractivity contribution in [1.82, 2.24) is 19.6 Å². The van der Waals surface area contributed by atoms with E-state index >= 15 is 0 Å². The molecule has 2 aromatic heterocycles. The predicted octanol–water partition coefficient (Wildman–Crippen LogP) is 2.17. The van der Waals surface area contributed by atoms with Crippen molar-refractivity contribution in [1.29, 1.82) is 0 Å². The molecule has 5 heteroatoms. The van der Waals surface area contributed by atoms with Gasteiger partial charge >= 0.3 is 0 Å². The van der Waals surface area contributed by atoms with E-state index in [0.29, 0.717) is 5.41 Å². The smallest absolute Gasteiger partial charge is 0.137 e. The lowest BCUT2D eigenvalue weighted by atomic mass is 9.87. The van der Waals surface area contributed by atoms with E-state index in [0.717, 1.165) is 22.9 Å². The van der Waals surface area contributed by atoms with Crippen molar-refractivity contribution >= 4 is 17.2 Å². The molecule has 2 saturated heterocycles. The van der Waals surface area contributed by atoms with Gasteiger partial charge in [0.25, 0.3) is 0 Å². The molecule has 0 aliphatic carbocycles. The zero-order chi connectivity index (χ0) is 13.6. The summed E-state index contributed by atoms with van der Waals surface area (Å²) in [6.45, 7) is 5.71. The van der Waals surface area contributed by atoms with Crippen LogP contribution in [-0.4, -0.2) is 40.5 Å². The molecule has 1 spiro atoms. The molecule has 0 aromatic carbocycles. The van der Waals surface area contributed by atoms with Crippen molar-refractivity contribution in [2.24, 2.45) is 5.41 Å². The zero-order valence-corrected chi connectivity index (χ0v) is 12.2. The van der Waals surface area contributed by atoms with Crippen molar-refractivity contribution < 1.29 is 0 Å². The van der Waals surface area contributed by atoms with Crippen LogP contribution in [0.15, 0.2) is 24.5 Å². The van der Waals surface area contributed by atoms with E-state index in [1.165, 1.54) is 39.0 Å². The van der Waals surface area contributed by atoms with E-state index in [1.807, 2.05) is 22.7 Å². The second-order valence-electron chi connectivity index (χ2n) is 6.23. The second-order valence-corrected chi connectivity index (χ2v) is 6.67. The summed E-state index contributed by atoms with van der Waals surface area (Å²) in [5.41, 5.74) is 2.64. The normalized spacial score (nSPS) is 27.1. The van der Waals surface area contributed by atoms with Gasteiger partial charge < -0.3 is 9.72 Å². The van der Waals surface area contributed by atoms with Crippen molar-refractivity contribution in [3.63, 3.8) is 0 Å². The zero-order valence-electron chi connectivity index (χ0n) is 11.5. The first-order valence-corrected chi connectivity index (χ1v) is 7.67. The number of aromatic nitrogens is 2. The molecule has 0 radical (unpaired) electrons. The van der Waals surface area contributed by atoms with Crippen LogP contribution in [0.1, 0.15) is 18.5 Å². The van der Waals surface area contributed by atoms with Crippen LogP contribution in [-0.2, 0) is 6.54 Å². The Morgan fingerprint density at radius 2 is 2.25 bits per heavy atom. The molecule has 1 atom stereocenters. The van der Waals surface area contributed by atoms with Crippen molar-refractivity contribution in [3.05, 3.63) is 35.2 Å². The SMILES string of the molecule is Clc1ccc2nc(CN3CCC4(CCNC4)C3)cn2c1. The van der Waals surface area contributed by atoms with Crippen molar-refractivity contribution in [2.45, 2.75) is 19.4 Å². The molecule has 0 bridgehead atoms. The van der Waals surface area contributed by atoms with Gasteiger partial charge in [0.15, 0.2) is 0 Å². The van der Waals surface area contributed by atoms with Crippen LogP contribution in [0, 0.1) is 5.41 Å². The highest BCUT2D eigenvalue weighted by Gasteiger charge is 2.40. The molecule has 106 valence electrons. The third kappa shape index (κ3) is 2.22. The Morgan fingerprint density at radius 3 is 3.10 bits per heavy atom. The van der Waals surface area contributed by atoms with E-state index in [1.54, 1.807) is 0 Å². The lowest BCUT2D eigenvalue weighted by molar-refractivity contribution is 0.267. The molecule has 20 heavy (non-hydrogen) atoms. The van der Waals surface area contributed by atoms with Gasteiger partial charge in [0.05, 0.1) is 10.7 Å². The maximum Gasteiger partial charge on any atom is 0.137 e.